The van der Waals surface area contributed by atoms with E-state index in [1.165, 1.54) is 10.4 Å². The molecule has 0 aromatic heterocycles. The lowest BCUT2D eigenvalue weighted by Gasteiger charge is -2.21. The molecule has 0 atom stereocenters. The van der Waals surface area contributed by atoms with Crippen molar-refractivity contribution in [3.63, 3.8) is 0 Å². The molecule has 0 aliphatic rings. The molecule has 1 aromatic carbocycles. The molecule has 0 fully saturated rings. The second kappa shape index (κ2) is 6.58. The summed E-state index contributed by atoms with van der Waals surface area (Å²) < 4.78 is 63.9. The van der Waals surface area contributed by atoms with Crippen LogP contribution in [-0.4, -0.2) is 25.8 Å². The number of benzene rings is 1. The van der Waals surface area contributed by atoms with Gasteiger partial charge >= 0.3 is 6.18 Å². The fourth-order valence-corrected chi connectivity index (χ4v) is 3.50. The molecule has 0 amide bonds. The lowest BCUT2D eigenvalue weighted by atomic mass is 10.2. The van der Waals surface area contributed by atoms with Crippen LogP contribution in [0.1, 0.15) is 32.3 Å². The smallest absolute Gasteiger partial charge is 0.207 e. The van der Waals surface area contributed by atoms with Crippen LogP contribution in [0.4, 0.5) is 13.2 Å². The van der Waals surface area contributed by atoms with E-state index in [0.29, 0.717) is 32.0 Å². The Kier molecular flexibility index (Phi) is 5.59. The van der Waals surface area contributed by atoms with Gasteiger partial charge in [-0.2, -0.15) is 17.5 Å². The van der Waals surface area contributed by atoms with Crippen LogP contribution in [0, 0.1) is 0 Å². The van der Waals surface area contributed by atoms with E-state index < -0.39 is 21.8 Å². The third-order valence-corrected chi connectivity index (χ3v) is 4.64. The first kappa shape index (κ1) is 17.0. The molecular formula is C13H18F3NO2S. The minimum absolute atomic E-state index is 0.298. The van der Waals surface area contributed by atoms with Gasteiger partial charge in [0.2, 0.25) is 10.0 Å². The van der Waals surface area contributed by atoms with Crippen molar-refractivity contribution in [3.05, 3.63) is 29.8 Å². The monoisotopic (exact) mass is 309 g/mol. The third-order valence-electron chi connectivity index (χ3n) is 2.75. The molecule has 7 heteroatoms. The molecule has 3 nitrogen and oxygen atoms in total. The maximum absolute atomic E-state index is 12.6. The number of alkyl halides is 3. The van der Waals surface area contributed by atoms with Crippen molar-refractivity contribution in [2.24, 2.45) is 0 Å². The van der Waals surface area contributed by atoms with Crippen molar-refractivity contribution in [2.75, 3.05) is 13.1 Å². The summed E-state index contributed by atoms with van der Waals surface area (Å²) in [6, 6.07) is 3.87. The topological polar surface area (TPSA) is 37.4 Å². The summed E-state index contributed by atoms with van der Waals surface area (Å²) in [5.41, 5.74) is -0.952. The van der Waals surface area contributed by atoms with Gasteiger partial charge in [-0.15, -0.1) is 0 Å². The maximum atomic E-state index is 12.6. The van der Waals surface area contributed by atoms with Crippen LogP contribution in [0.25, 0.3) is 0 Å². The summed E-state index contributed by atoms with van der Waals surface area (Å²) in [4.78, 5) is -0.311. The minimum atomic E-state index is -4.55. The van der Waals surface area contributed by atoms with Gasteiger partial charge in [-0.25, -0.2) is 8.42 Å². The number of nitrogens with zero attached hydrogens (tertiary/aromatic N) is 1. The van der Waals surface area contributed by atoms with E-state index in [2.05, 4.69) is 0 Å². The standard InChI is InChI=1S/C13H18F3NO2S/c1-3-8-17(9-4-2)20(18,19)12-7-5-6-11(10-12)13(14,15)16/h5-7,10H,3-4,8-9H2,1-2H3. The summed E-state index contributed by atoms with van der Waals surface area (Å²) in [6.45, 7) is 4.24. The second-order valence-electron chi connectivity index (χ2n) is 4.43. The zero-order chi connectivity index (χ0) is 15.4. The summed E-state index contributed by atoms with van der Waals surface area (Å²) in [5, 5.41) is 0. The quantitative estimate of drug-likeness (QED) is 0.806. The van der Waals surface area contributed by atoms with E-state index in [0.717, 1.165) is 12.1 Å². The van der Waals surface area contributed by atoms with Crippen LogP contribution >= 0.6 is 0 Å². The Bertz CT molecular complexity index is 535. The van der Waals surface area contributed by atoms with Crippen LogP contribution in [0.15, 0.2) is 29.2 Å². The maximum Gasteiger partial charge on any atom is 0.416 e. The summed E-state index contributed by atoms with van der Waals surface area (Å²) >= 11 is 0. The van der Waals surface area contributed by atoms with Crippen molar-refractivity contribution in [1.82, 2.24) is 4.31 Å². The Labute approximate surface area is 117 Å². The Hall–Kier alpha value is -1.08. The first-order chi connectivity index (χ1) is 9.23. The Morgan fingerprint density at radius 3 is 2.10 bits per heavy atom. The predicted octanol–water partition coefficient (Wildman–Crippen LogP) is 3.52. The van der Waals surface area contributed by atoms with Gasteiger partial charge in [-0.1, -0.05) is 19.9 Å². The molecule has 0 bridgehead atoms. The Morgan fingerprint density at radius 1 is 1.10 bits per heavy atom. The highest BCUT2D eigenvalue weighted by atomic mass is 32.2. The van der Waals surface area contributed by atoms with Gasteiger partial charge < -0.3 is 0 Å². The third kappa shape index (κ3) is 3.96. The Morgan fingerprint density at radius 2 is 1.65 bits per heavy atom. The number of hydrogen-bond donors (Lipinski definition) is 0. The second-order valence-corrected chi connectivity index (χ2v) is 6.37. The number of rotatable bonds is 6. The van der Waals surface area contributed by atoms with Crippen LogP contribution in [0.2, 0.25) is 0 Å². The predicted molar refractivity (Wildman–Crippen MR) is 70.8 cm³/mol. The fourth-order valence-electron chi connectivity index (χ4n) is 1.83. The molecule has 0 spiro atoms. The molecule has 1 aromatic rings. The van der Waals surface area contributed by atoms with E-state index in [4.69, 9.17) is 0 Å². The van der Waals surface area contributed by atoms with Gasteiger partial charge in [0.15, 0.2) is 0 Å². The van der Waals surface area contributed by atoms with Crippen molar-refractivity contribution < 1.29 is 21.6 Å². The summed E-state index contributed by atoms with van der Waals surface area (Å²) in [6.07, 6.45) is -3.33. The molecule has 114 valence electrons. The van der Waals surface area contributed by atoms with Crippen molar-refractivity contribution in [3.8, 4) is 0 Å². The molecule has 0 saturated heterocycles. The molecule has 0 aliphatic heterocycles. The average Bonchev–Trinajstić information content (AvgIpc) is 2.37. The molecule has 0 radical (unpaired) electrons. The molecule has 1 rings (SSSR count). The highest BCUT2D eigenvalue weighted by Gasteiger charge is 2.32. The lowest BCUT2D eigenvalue weighted by molar-refractivity contribution is -0.137. The van der Waals surface area contributed by atoms with Crippen LogP contribution in [0.3, 0.4) is 0 Å². The van der Waals surface area contributed by atoms with Gasteiger partial charge in [0.25, 0.3) is 0 Å². The zero-order valence-corrected chi connectivity index (χ0v) is 12.3. The normalized spacial score (nSPS) is 12.9. The molecule has 0 unspecified atom stereocenters. The van der Waals surface area contributed by atoms with Gasteiger partial charge in [-0.3, -0.25) is 0 Å². The molecule has 0 aliphatic carbocycles. The highest BCUT2D eigenvalue weighted by molar-refractivity contribution is 7.89. The van der Waals surface area contributed by atoms with Crippen molar-refractivity contribution in [2.45, 2.75) is 37.8 Å². The van der Waals surface area contributed by atoms with Gasteiger partial charge in [-0.05, 0) is 31.0 Å². The van der Waals surface area contributed by atoms with Crippen LogP contribution < -0.4 is 0 Å². The largest absolute Gasteiger partial charge is 0.416 e. The van der Waals surface area contributed by atoms with E-state index in [-0.39, 0.29) is 4.90 Å². The molecule has 0 heterocycles. The van der Waals surface area contributed by atoms with E-state index in [1.807, 2.05) is 13.8 Å². The highest BCUT2D eigenvalue weighted by Crippen LogP contribution is 2.31. The summed E-state index contributed by atoms with van der Waals surface area (Å²) in [7, 11) is -3.87. The van der Waals surface area contributed by atoms with Crippen LogP contribution in [0.5, 0.6) is 0 Å². The summed E-state index contributed by atoms with van der Waals surface area (Å²) in [5.74, 6) is 0. The van der Waals surface area contributed by atoms with Gasteiger partial charge in [0.1, 0.15) is 0 Å². The Balaban J connectivity index is 3.20. The SMILES string of the molecule is CCCN(CCC)S(=O)(=O)c1cccc(C(F)(F)F)c1. The van der Waals surface area contributed by atoms with E-state index in [1.54, 1.807) is 0 Å². The minimum Gasteiger partial charge on any atom is -0.207 e. The van der Waals surface area contributed by atoms with Crippen LogP contribution in [-0.2, 0) is 16.2 Å². The fraction of sp³-hybridized carbons (Fsp3) is 0.538. The number of sulfonamides is 1. The number of halogens is 3. The average molecular weight is 309 g/mol. The first-order valence-corrected chi connectivity index (χ1v) is 7.85. The molecule has 0 saturated carbocycles. The number of hydrogen-bond acceptors (Lipinski definition) is 2. The van der Waals surface area contributed by atoms with Crippen molar-refractivity contribution in [1.29, 1.82) is 0 Å². The van der Waals surface area contributed by atoms with Gasteiger partial charge in [0, 0.05) is 13.1 Å². The zero-order valence-electron chi connectivity index (χ0n) is 11.4. The first-order valence-electron chi connectivity index (χ1n) is 6.41. The van der Waals surface area contributed by atoms with E-state index >= 15 is 0 Å². The molecule has 20 heavy (non-hydrogen) atoms. The molecule has 0 N–H and O–H groups in total. The van der Waals surface area contributed by atoms with E-state index in [9.17, 15) is 21.6 Å². The van der Waals surface area contributed by atoms with Gasteiger partial charge in [0.05, 0.1) is 10.5 Å². The van der Waals surface area contributed by atoms with Crippen molar-refractivity contribution >= 4 is 10.0 Å². The lowest BCUT2D eigenvalue weighted by Crippen LogP contribution is -2.32. The molecular weight excluding hydrogens is 291 g/mol.